The average Bonchev–Trinajstić information content (AvgIpc) is 2.95. The first-order valence-electron chi connectivity index (χ1n) is 5.37. The lowest BCUT2D eigenvalue weighted by atomic mass is 10.1. The lowest BCUT2D eigenvalue weighted by Crippen LogP contribution is -2.11. The minimum absolute atomic E-state index is 0.0436. The fourth-order valence-corrected chi connectivity index (χ4v) is 2.93. The molecule has 1 heterocycles. The van der Waals surface area contributed by atoms with E-state index in [4.69, 9.17) is 5.11 Å². The molecule has 0 spiro atoms. The molecule has 0 atom stereocenters. The highest BCUT2D eigenvalue weighted by atomic mass is 32.2. The van der Waals surface area contributed by atoms with Gasteiger partial charge in [-0.25, -0.2) is 4.98 Å². The van der Waals surface area contributed by atoms with Crippen LogP contribution in [-0.4, -0.2) is 21.8 Å². The molecule has 1 N–H and O–H groups in total. The number of pyridine rings is 1. The molecular weight excluding hydrogens is 222 g/mol. The van der Waals surface area contributed by atoms with Gasteiger partial charge in [-0.1, -0.05) is 0 Å². The summed E-state index contributed by atoms with van der Waals surface area (Å²) in [5, 5.41) is 9.80. The molecule has 0 aromatic carbocycles. The number of aryl methyl sites for hydroxylation is 1. The maximum atomic E-state index is 10.7. The molecule has 86 valence electrons. The van der Waals surface area contributed by atoms with Crippen LogP contribution in [0.5, 0.6) is 0 Å². The van der Waals surface area contributed by atoms with Gasteiger partial charge in [0.2, 0.25) is 0 Å². The Labute approximate surface area is 99.3 Å². The van der Waals surface area contributed by atoms with Crippen LogP contribution in [0.1, 0.15) is 24.8 Å². The van der Waals surface area contributed by atoms with Crippen LogP contribution in [0.25, 0.3) is 0 Å². The monoisotopic (exact) mass is 237 g/mol. The summed E-state index contributed by atoms with van der Waals surface area (Å²) in [6.07, 6.45) is 4.18. The normalized spacial score (nSPS) is 17.1. The van der Waals surface area contributed by atoms with Crippen LogP contribution in [-0.2, 0) is 4.79 Å². The number of carboxylic acid groups (broad SMARTS) is 1. The summed E-state index contributed by atoms with van der Waals surface area (Å²) in [5.74, 6) is 0.186. The van der Waals surface area contributed by atoms with Gasteiger partial charge in [-0.05, 0) is 42.9 Å². The smallest absolute Gasteiger partial charge is 0.303 e. The van der Waals surface area contributed by atoms with Crippen LogP contribution >= 0.6 is 11.8 Å². The van der Waals surface area contributed by atoms with Crippen molar-refractivity contribution in [3.63, 3.8) is 0 Å². The summed E-state index contributed by atoms with van der Waals surface area (Å²) in [6.45, 7) is 2.04. The second-order valence-electron chi connectivity index (χ2n) is 4.53. The number of rotatable bonds is 5. The van der Waals surface area contributed by atoms with Crippen LogP contribution in [0, 0.1) is 12.3 Å². The summed E-state index contributed by atoms with van der Waals surface area (Å²) < 4.78 is 0. The maximum absolute atomic E-state index is 10.7. The average molecular weight is 237 g/mol. The molecule has 0 bridgehead atoms. The van der Waals surface area contributed by atoms with Gasteiger partial charge in [-0.3, -0.25) is 4.79 Å². The summed E-state index contributed by atoms with van der Waals surface area (Å²) in [5.41, 5.74) is 1.24. The Morgan fingerprint density at radius 1 is 1.62 bits per heavy atom. The van der Waals surface area contributed by atoms with Crippen molar-refractivity contribution < 1.29 is 9.90 Å². The molecule has 1 aliphatic rings. The van der Waals surface area contributed by atoms with Gasteiger partial charge in [0.25, 0.3) is 0 Å². The van der Waals surface area contributed by atoms with Gasteiger partial charge in [0.15, 0.2) is 0 Å². The SMILES string of the molecule is Cc1ccnc(SCC2(CC(=O)O)CC2)c1. The molecule has 4 heteroatoms. The highest BCUT2D eigenvalue weighted by Gasteiger charge is 2.44. The molecule has 0 saturated heterocycles. The maximum Gasteiger partial charge on any atom is 0.303 e. The number of hydrogen-bond donors (Lipinski definition) is 1. The number of aromatic nitrogens is 1. The fraction of sp³-hybridized carbons (Fsp3) is 0.500. The molecule has 3 nitrogen and oxygen atoms in total. The Kier molecular flexibility index (Phi) is 3.19. The van der Waals surface area contributed by atoms with E-state index < -0.39 is 5.97 Å². The van der Waals surface area contributed by atoms with Gasteiger partial charge >= 0.3 is 5.97 Å². The van der Waals surface area contributed by atoms with E-state index in [0.717, 1.165) is 23.6 Å². The minimum atomic E-state index is -0.685. The van der Waals surface area contributed by atoms with E-state index in [-0.39, 0.29) is 5.41 Å². The molecule has 0 radical (unpaired) electrons. The van der Waals surface area contributed by atoms with Crippen molar-refractivity contribution in [2.75, 3.05) is 5.75 Å². The highest BCUT2D eigenvalue weighted by Crippen LogP contribution is 2.51. The van der Waals surface area contributed by atoms with Crippen molar-refractivity contribution in [2.45, 2.75) is 31.2 Å². The third-order valence-electron chi connectivity index (χ3n) is 2.90. The predicted octanol–water partition coefficient (Wildman–Crippen LogP) is 2.74. The van der Waals surface area contributed by atoms with Crippen LogP contribution in [0.15, 0.2) is 23.4 Å². The zero-order valence-corrected chi connectivity index (χ0v) is 10.1. The van der Waals surface area contributed by atoms with Gasteiger partial charge in [0.05, 0.1) is 11.4 Å². The number of carboxylic acids is 1. The molecule has 2 rings (SSSR count). The van der Waals surface area contributed by atoms with Gasteiger partial charge in [-0.15, -0.1) is 11.8 Å². The summed E-state index contributed by atoms with van der Waals surface area (Å²) in [4.78, 5) is 15.0. The summed E-state index contributed by atoms with van der Waals surface area (Å²) in [6, 6.07) is 4.01. The van der Waals surface area contributed by atoms with Crippen LogP contribution in [0.4, 0.5) is 0 Å². The molecule has 1 aromatic heterocycles. The van der Waals surface area contributed by atoms with Gasteiger partial charge < -0.3 is 5.11 Å². The van der Waals surface area contributed by atoms with Crippen molar-refractivity contribution in [1.82, 2.24) is 4.98 Å². The van der Waals surface area contributed by atoms with E-state index in [2.05, 4.69) is 4.98 Å². The largest absolute Gasteiger partial charge is 0.481 e. The molecule has 1 aromatic rings. The lowest BCUT2D eigenvalue weighted by molar-refractivity contribution is -0.138. The molecular formula is C12H15NO2S. The zero-order chi connectivity index (χ0) is 11.6. The van der Waals surface area contributed by atoms with Crippen molar-refractivity contribution in [3.05, 3.63) is 23.9 Å². The van der Waals surface area contributed by atoms with Crippen LogP contribution in [0.2, 0.25) is 0 Å². The van der Waals surface area contributed by atoms with E-state index in [1.54, 1.807) is 18.0 Å². The van der Waals surface area contributed by atoms with E-state index in [0.29, 0.717) is 6.42 Å². The zero-order valence-electron chi connectivity index (χ0n) is 9.27. The third-order valence-corrected chi connectivity index (χ3v) is 4.18. The topological polar surface area (TPSA) is 50.2 Å². The first-order chi connectivity index (χ1) is 7.60. The predicted molar refractivity (Wildman–Crippen MR) is 63.6 cm³/mol. The molecule has 0 unspecified atom stereocenters. The molecule has 16 heavy (non-hydrogen) atoms. The van der Waals surface area contributed by atoms with Gasteiger partial charge in [-0.2, -0.15) is 0 Å². The molecule has 1 saturated carbocycles. The number of carbonyl (C=O) groups is 1. The Morgan fingerprint density at radius 3 is 2.94 bits per heavy atom. The lowest BCUT2D eigenvalue weighted by Gasteiger charge is -2.11. The van der Waals surface area contributed by atoms with Crippen molar-refractivity contribution >= 4 is 17.7 Å². The Hall–Kier alpha value is -1.03. The first kappa shape index (κ1) is 11.5. The van der Waals surface area contributed by atoms with Crippen molar-refractivity contribution in [2.24, 2.45) is 5.41 Å². The van der Waals surface area contributed by atoms with E-state index in [9.17, 15) is 4.79 Å². The second-order valence-corrected chi connectivity index (χ2v) is 5.53. The number of nitrogens with zero attached hydrogens (tertiary/aromatic N) is 1. The number of hydrogen-bond acceptors (Lipinski definition) is 3. The summed E-state index contributed by atoms with van der Waals surface area (Å²) >= 11 is 1.67. The third kappa shape index (κ3) is 2.98. The summed E-state index contributed by atoms with van der Waals surface area (Å²) in [7, 11) is 0. The molecule has 1 fully saturated rings. The fourth-order valence-electron chi connectivity index (χ4n) is 1.68. The molecule has 1 aliphatic carbocycles. The van der Waals surface area contributed by atoms with E-state index in [1.165, 1.54) is 5.56 Å². The second kappa shape index (κ2) is 4.45. The van der Waals surface area contributed by atoms with Gasteiger partial charge in [0, 0.05) is 11.9 Å². The molecule has 0 amide bonds. The first-order valence-corrected chi connectivity index (χ1v) is 6.36. The number of thioether (sulfide) groups is 1. The van der Waals surface area contributed by atoms with Crippen LogP contribution in [0.3, 0.4) is 0 Å². The quantitative estimate of drug-likeness (QED) is 0.800. The van der Waals surface area contributed by atoms with Crippen molar-refractivity contribution in [1.29, 1.82) is 0 Å². The van der Waals surface area contributed by atoms with E-state index >= 15 is 0 Å². The molecule has 0 aliphatic heterocycles. The Balaban J connectivity index is 1.90. The van der Waals surface area contributed by atoms with E-state index in [1.807, 2.05) is 19.1 Å². The highest BCUT2D eigenvalue weighted by molar-refractivity contribution is 7.99. The standard InChI is InChI=1S/C12H15NO2S/c1-9-2-5-13-10(6-9)16-8-12(3-4-12)7-11(14)15/h2,5-6H,3-4,7-8H2,1H3,(H,14,15). The van der Waals surface area contributed by atoms with Crippen molar-refractivity contribution in [3.8, 4) is 0 Å². The Bertz CT molecular complexity index is 402. The van der Waals surface area contributed by atoms with Crippen LogP contribution < -0.4 is 0 Å². The number of aliphatic carboxylic acids is 1. The minimum Gasteiger partial charge on any atom is -0.481 e. The van der Waals surface area contributed by atoms with Gasteiger partial charge in [0.1, 0.15) is 0 Å². The Morgan fingerprint density at radius 2 is 2.38 bits per heavy atom.